The van der Waals surface area contributed by atoms with E-state index in [2.05, 4.69) is 32.2 Å². The molecule has 1 heterocycles. The number of hydrogen-bond donors (Lipinski definition) is 1. The van der Waals surface area contributed by atoms with Gasteiger partial charge in [0.15, 0.2) is 0 Å². The van der Waals surface area contributed by atoms with Gasteiger partial charge >= 0.3 is 0 Å². The van der Waals surface area contributed by atoms with E-state index in [1.807, 2.05) is 25.1 Å². The predicted molar refractivity (Wildman–Crippen MR) is 92.9 cm³/mol. The smallest absolute Gasteiger partial charge is 0.223 e. The van der Waals surface area contributed by atoms with Crippen LogP contribution in [0.25, 0.3) is 0 Å². The summed E-state index contributed by atoms with van der Waals surface area (Å²) in [5.41, 5.74) is 2.13. The van der Waals surface area contributed by atoms with E-state index in [0.717, 1.165) is 11.1 Å². The van der Waals surface area contributed by atoms with Crippen LogP contribution >= 0.6 is 0 Å². The Bertz CT molecular complexity index is 660. The van der Waals surface area contributed by atoms with E-state index >= 15 is 0 Å². The molecule has 1 aliphatic heterocycles. The first kappa shape index (κ1) is 18.0. The van der Waals surface area contributed by atoms with E-state index in [4.69, 9.17) is 0 Å². The lowest BCUT2D eigenvalue weighted by molar-refractivity contribution is -0.126. The zero-order valence-corrected chi connectivity index (χ0v) is 15.2. The van der Waals surface area contributed by atoms with Gasteiger partial charge in [-0.3, -0.25) is 4.79 Å². The number of sulfone groups is 1. The second-order valence-corrected chi connectivity index (χ2v) is 9.95. The Morgan fingerprint density at radius 3 is 2.35 bits per heavy atom. The molecular weight excluding hydrogens is 310 g/mol. The van der Waals surface area contributed by atoms with E-state index < -0.39 is 9.84 Å². The summed E-state index contributed by atoms with van der Waals surface area (Å²) >= 11 is 0. The molecule has 0 saturated carbocycles. The van der Waals surface area contributed by atoms with Crippen LogP contribution in [0.5, 0.6) is 0 Å². The summed E-state index contributed by atoms with van der Waals surface area (Å²) in [5.74, 6) is 0.0142. The van der Waals surface area contributed by atoms with Gasteiger partial charge in [0.25, 0.3) is 0 Å². The zero-order valence-electron chi connectivity index (χ0n) is 14.4. The molecule has 23 heavy (non-hydrogen) atoms. The van der Waals surface area contributed by atoms with Gasteiger partial charge < -0.3 is 5.32 Å². The van der Waals surface area contributed by atoms with Crippen LogP contribution in [0.3, 0.4) is 0 Å². The Balaban J connectivity index is 2.14. The van der Waals surface area contributed by atoms with Crippen LogP contribution in [0.4, 0.5) is 0 Å². The molecule has 1 fully saturated rings. The number of hydrogen-bond acceptors (Lipinski definition) is 3. The molecule has 1 amide bonds. The Morgan fingerprint density at radius 2 is 1.83 bits per heavy atom. The summed E-state index contributed by atoms with van der Waals surface area (Å²) in [6, 6.07) is 8.09. The molecular formula is C18H27NO3S. The summed E-state index contributed by atoms with van der Waals surface area (Å²) in [7, 11) is -2.94. The summed E-state index contributed by atoms with van der Waals surface area (Å²) in [4.78, 5) is 12.6. The number of carbonyl (C=O) groups is 1. The minimum atomic E-state index is -2.94. The van der Waals surface area contributed by atoms with Crippen molar-refractivity contribution in [1.82, 2.24) is 5.32 Å². The number of aryl methyl sites for hydroxylation is 1. The van der Waals surface area contributed by atoms with Gasteiger partial charge in [-0.15, -0.1) is 0 Å². The van der Waals surface area contributed by atoms with E-state index in [9.17, 15) is 13.2 Å². The van der Waals surface area contributed by atoms with Crippen molar-refractivity contribution in [3.8, 4) is 0 Å². The third-order valence-corrected chi connectivity index (χ3v) is 6.17. The molecule has 1 unspecified atom stereocenters. The van der Waals surface area contributed by atoms with Crippen molar-refractivity contribution in [3.05, 3.63) is 35.4 Å². The lowest BCUT2D eigenvalue weighted by Crippen LogP contribution is -2.42. The third-order valence-electron chi connectivity index (χ3n) is 4.45. The molecule has 0 spiro atoms. The molecule has 128 valence electrons. The SMILES string of the molecule is Cc1cccc(C(NC(=O)C2CCS(=O)(=O)CC2)C(C)(C)C)c1. The van der Waals surface area contributed by atoms with Crippen molar-refractivity contribution in [2.24, 2.45) is 11.3 Å². The Morgan fingerprint density at radius 1 is 1.22 bits per heavy atom. The maximum Gasteiger partial charge on any atom is 0.223 e. The Kier molecular flexibility index (Phi) is 5.19. The van der Waals surface area contributed by atoms with E-state index in [1.54, 1.807) is 0 Å². The standard InChI is InChI=1S/C18H27NO3S/c1-13-6-5-7-15(12-13)16(18(2,3)4)19-17(20)14-8-10-23(21,22)11-9-14/h5-7,12,14,16H,8-11H2,1-4H3,(H,19,20). The fourth-order valence-electron chi connectivity index (χ4n) is 3.06. The quantitative estimate of drug-likeness (QED) is 0.922. The first-order chi connectivity index (χ1) is 10.6. The molecule has 1 atom stereocenters. The fraction of sp³-hybridized carbons (Fsp3) is 0.611. The van der Waals surface area contributed by atoms with Crippen LogP contribution < -0.4 is 5.32 Å². The summed E-state index contributed by atoms with van der Waals surface area (Å²) < 4.78 is 23.1. The average Bonchev–Trinajstić information content (AvgIpc) is 2.43. The molecule has 5 heteroatoms. The highest BCUT2D eigenvalue weighted by Crippen LogP contribution is 2.34. The minimum absolute atomic E-state index is 0.0265. The monoisotopic (exact) mass is 337 g/mol. The highest BCUT2D eigenvalue weighted by atomic mass is 32.2. The number of nitrogens with one attached hydrogen (secondary N) is 1. The van der Waals surface area contributed by atoms with Crippen LogP contribution in [-0.2, 0) is 14.6 Å². The van der Waals surface area contributed by atoms with Crippen LogP contribution in [-0.4, -0.2) is 25.8 Å². The second-order valence-electron chi connectivity index (χ2n) is 7.65. The van der Waals surface area contributed by atoms with Crippen molar-refractivity contribution in [2.75, 3.05) is 11.5 Å². The van der Waals surface area contributed by atoms with Gasteiger partial charge in [-0.2, -0.15) is 0 Å². The van der Waals surface area contributed by atoms with Gasteiger partial charge in [0, 0.05) is 5.92 Å². The first-order valence-corrected chi connectivity index (χ1v) is 9.98. The molecule has 1 saturated heterocycles. The molecule has 1 aromatic carbocycles. The molecule has 2 rings (SSSR count). The Labute approximate surface area is 139 Å². The van der Waals surface area contributed by atoms with Gasteiger partial charge in [0.05, 0.1) is 17.5 Å². The number of carbonyl (C=O) groups excluding carboxylic acids is 1. The third kappa shape index (κ3) is 4.80. The Hall–Kier alpha value is -1.36. The van der Waals surface area contributed by atoms with Gasteiger partial charge in [0.1, 0.15) is 9.84 Å². The van der Waals surface area contributed by atoms with Crippen molar-refractivity contribution in [2.45, 2.75) is 46.6 Å². The van der Waals surface area contributed by atoms with Crippen LogP contribution in [0, 0.1) is 18.3 Å². The maximum absolute atomic E-state index is 12.6. The average molecular weight is 337 g/mol. The number of benzene rings is 1. The largest absolute Gasteiger partial charge is 0.349 e. The van der Waals surface area contributed by atoms with Crippen molar-refractivity contribution in [3.63, 3.8) is 0 Å². The van der Waals surface area contributed by atoms with Crippen LogP contribution in [0.2, 0.25) is 0 Å². The molecule has 1 aromatic rings. The first-order valence-electron chi connectivity index (χ1n) is 8.16. The number of amides is 1. The molecule has 4 nitrogen and oxygen atoms in total. The zero-order chi connectivity index (χ0) is 17.3. The minimum Gasteiger partial charge on any atom is -0.349 e. The summed E-state index contributed by atoms with van der Waals surface area (Å²) in [6.07, 6.45) is 0.859. The van der Waals surface area contributed by atoms with Crippen LogP contribution in [0.1, 0.15) is 50.8 Å². The normalized spacial score (nSPS) is 20.0. The van der Waals surface area contributed by atoms with Gasteiger partial charge in [-0.1, -0.05) is 50.6 Å². The van der Waals surface area contributed by atoms with E-state index in [1.165, 1.54) is 0 Å². The van der Waals surface area contributed by atoms with E-state index in [0.29, 0.717) is 12.8 Å². The summed E-state index contributed by atoms with van der Waals surface area (Å²) in [6.45, 7) is 8.35. The lowest BCUT2D eigenvalue weighted by atomic mass is 9.81. The van der Waals surface area contributed by atoms with Gasteiger partial charge in [-0.25, -0.2) is 8.42 Å². The summed E-state index contributed by atoms with van der Waals surface area (Å²) in [5, 5.41) is 3.16. The highest BCUT2D eigenvalue weighted by molar-refractivity contribution is 7.91. The topological polar surface area (TPSA) is 63.2 Å². The predicted octanol–water partition coefficient (Wildman–Crippen LogP) is 3.02. The number of rotatable bonds is 3. The molecule has 0 radical (unpaired) electrons. The van der Waals surface area contributed by atoms with Crippen molar-refractivity contribution >= 4 is 15.7 Å². The van der Waals surface area contributed by atoms with E-state index in [-0.39, 0.29) is 34.8 Å². The van der Waals surface area contributed by atoms with Gasteiger partial charge in [0.2, 0.25) is 5.91 Å². The highest BCUT2D eigenvalue weighted by Gasteiger charge is 2.33. The molecule has 0 aromatic heterocycles. The van der Waals surface area contributed by atoms with Gasteiger partial charge in [-0.05, 0) is 30.7 Å². The maximum atomic E-state index is 12.6. The molecule has 1 N–H and O–H groups in total. The lowest BCUT2D eigenvalue weighted by Gasteiger charge is -2.34. The second kappa shape index (κ2) is 6.63. The fourth-order valence-corrected chi connectivity index (χ4v) is 4.55. The van der Waals surface area contributed by atoms with Crippen molar-refractivity contribution in [1.29, 1.82) is 0 Å². The molecule has 1 aliphatic rings. The van der Waals surface area contributed by atoms with Crippen LogP contribution in [0.15, 0.2) is 24.3 Å². The molecule has 0 bridgehead atoms. The molecule has 0 aliphatic carbocycles. The van der Waals surface area contributed by atoms with Crippen molar-refractivity contribution < 1.29 is 13.2 Å².